The summed E-state index contributed by atoms with van der Waals surface area (Å²) in [4.78, 5) is 23.1. The van der Waals surface area contributed by atoms with Gasteiger partial charge < -0.3 is 16.0 Å². The molecule has 2 amide bonds. The number of rotatable bonds is 5. The molecule has 174 valence electrons. The Morgan fingerprint density at radius 1 is 1.12 bits per heavy atom. The maximum absolute atomic E-state index is 11.1. The number of piperidine rings is 1. The summed E-state index contributed by atoms with van der Waals surface area (Å²) in [5, 5.41) is 3.50. The molecule has 0 spiro atoms. The molecule has 2 aromatic carbocycles. The van der Waals surface area contributed by atoms with Gasteiger partial charge in [-0.1, -0.05) is 24.6 Å². The van der Waals surface area contributed by atoms with Crippen molar-refractivity contribution in [2.45, 2.75) is 32.2 Å². The summed E-state index contributed by atoms with van der Waals surface area (Å²) in [6, 6.07) is 18.0. The number of hydrogen-bond acceptors (Lipinski definition) is 4. The number of aryl methyl sites for hydroxylation is 1. The highest BCUT2D eigenvalue weighted by molar-refractivity contribution is 6.30. The number of pyridine rings is 1. The van der Waals surface area contributed by atoms with E-state index in [9.17, 15) is 4.79 Å². The number of anilines is 1. The number of carbonyl (C=O) groups excluding carboxylic acids is 1. The van der Waals surface area contributed by atoms with E-state index in [1.54, 1.807) is 0 Å². The van der Waals surface area contributed by atoms with E-state index in [0.29, 0.717) is 5.02 Å². The molecule has 0 aliphatic carbocycles. The van der Waals surface area contributed by atoms with Crippen LogP contribution in [-0.4, -0.2) is 39.7 Å². The maximum Gasteiger partial charge on any atom is 0.312 e. The predicted octanol–water partition coefficient (Wildman–Crippen LogP) is 4.94. The van der Waals surface area contributed by atoms with Gasteiger partial charge in [0.25, 0.3) is 0 Å². The largest absolute Gasteiger partial charge is 0.356 e. The molecule has 1 aliphatic heterocycles. The normalized spacial score (nSPS) is 14.5. The molecule has 2 aromatic heterocycles. The van der Waals surface area contributed by atoms with Crippen LogP contribution in [0.4, 0.5) is 10.6 Å². The molecule has 0 bridgehead atoms. The molecule has 0 saturated carbocycles. The van der Waals surface area contributed by atoms with Crippen LogP contribution in [0.1, 0.15) is 25.3 Å². The number of hydrogen-bond donors (Lipinski definition) is 2. The lowest BCUT2D eigenvalue weighted by Crippen LogP contribution is -2.46. The fourth-order valence-corrected chi connectivity index (χ4v) is 4.67. The summed E-state index contributed by atoms with van der Waals surface area (Å²) in [5.74, 6) is 1.76. The molecule has 5 rings (SSSR count). The second-order valence-corrected chi connectivity index (χ2v) is 9.04. The first kappa shape index (κ1) is 22.2. The summed E-state index contributed by atoms with van der Waals surface area (Å²) < 4.78 is 2.17. The lowest BCUT2D eigenvalue weighted by atomic mass is 10.1. The zero-order chi connectivity index (χ0) is 23.7. The monoisotopic (exact) mass is 474 g/mol. The van der Waals surface area contributed by atoms with E-state index >= 15 is 0 Å². The number of nitrogens with zero attached hydrogens (tertiary/aromatic N) is 4. The van der Waals surface area contributed by atoms with E-state index in [4.69, 9.17) is 27.3 Å². The summed E-state index contributed by atoms with van der Waals surface area (Å²) in [5.41, 5.74) is 10.5. The third-order valence-electron chi connectivity index (χ3n) is 6.38. The van der Waals surface area contributed by atoms with Gasteiger partial charge in [-0.3, -0.25) is 4.57 Å². The van der Waals surface area contributed by atoms with Crippen LogP contribution < -0.4 is 16.0 Å². The molecule has 0 atom stereocenters. The minimum atomic E-state index is -0.462. The second-order valence-electron chi connectivity index (χ2n) is 8.60. The Labute approximate surface area is 203 Å². The highest BCUT2D eigenvalue weighted by atomic mass is 35.5. The number of primary amides is 1. The first-order valence-electron chi connectivity index (χ1n) is 11.6. The van der Waals surface area contributed by atoms with E-state index < -0.39 is 6.03 Å². The lowest BCUT2D eigenvalue weighted by Gasteiger charge is -2.32. The van der Waals surface area contributed by atoms with Crippen LogP contribution in [0.25, 0.3) is 28.1 Å². The Kier molecular flexibility index (Phi) is 6.11. The van der Waals surface area contributed by atoms with Crippen LogP contribution in [-0.2, 0) is 6.42 Å². The van der Waals surface area contributed by atoms with Gasteiger partial charge in [-0.05, 0) is 73.4 Å². The molecular weight excluding hydrogens is 448 g/mol. The first-order chi connectivity index (χ1) is 16.5. The van der Waals surface area contributed by atoms with Crippen molar-refractivity contribution >= 4 is 34.5 Å². The summed E-state index contributed by atoms with van der Waals surface area (Å²) in [6.45, 7) is 3.79. The minimum Gasteiger partial charge on any atom is -0.356 e. The van der Waals surface area contributed by atoms with Gasteiger partial charge in [-0.25, -0.2) is 14.8 Å². The first-order valence-corrected chi connectivity index (χ1v) is 11.9. The zero-order valence-corrected chi connectivity index (χ0v) is 19.8. The molecule has 3 heterocycles. The van der Waals surface area contributed by atoms with E-state index in [0.717, 1.165) is 66.3 Å². The number of carbonyl (C=O) groups is 1. The number of imidazole rings is 1. The fourth-order valence-electron chi connectivity index (χ4n) is 4.55. The topological polar surface area (TPSA) is 89.1 Å². The van der Waals surface area contributed by atoms with Crippen molar-refractivity contribution in [3.05, 3.63) is 71.4 Å². The Hall–Kier alpha value is -3.58. The van der Waals surface area contributed by atoms with Crippen molar-refractivity contribution < 1.29 is 4.79 Å². The number of aromatic nitrogens is 3. The molecule has 1 fully saturated rings. The van der Waals surface area contributed by atoms with Crippen LogP contribution in [0.3, 0.4) is 0 Å². The van der Waals surface area contributed by atoms with E-state index in [-0.39, 0.29) is 6.04 Å². The number of halogens is 1. The molecular formula is C26H27ClN6O. The third kappa shape index (κ3) is 4.43. The summed E-state index contributed by atoms with van der Waals surface area (Å²) >= 11 is 6.15. The number of fused-ring (bicyclic) bond motifs is 1. The molecule has 0 radical (unpaired) electrons. The van der Waals surface area contributed by atoms with E-state index in [1.807, 2.05) is 36.5 Å². The van der Waals surface area contributed by atoms with Crippen molar-refractivity contribution in [3.63, 3.8) is 0 Å². The molecule has 0 unspecified atom stereocenters. The number of urea groups is 1. The molecule has 1 aliphatic rings. The van der Waals surface area contributed by atoms with Gasteiger partial charge in [0.2, 0.25) is 0 Å². The van der Waals surface area contributed by atoms with Gasteiger partial charge in [0.15, 0.2) is 0 Å². The molecule has 7 nitrogen and oxygen atoms in total. The van der Waals surface area contributed by atoms with Crippen LogP contribution in [0.15, 0.2) is 60.8 Å². The Morgan fingerprint density at radius 2 is 1.88 bits per heavy atom. The smallest absolute Gasteiger partial charge is 0.312 e. The second kappa shape index (κ2) is 9.35. The molecule has 8 heteroatoms. The number of nitrogens with two attached hydrogens (primary N) is 1. The van der Waals surface area contributed by atoms with Crippen molar-refractivity contribution in [1.29, 1.82) is 0 Å². The zero-order valence-electron chi connectivity index (χ0n) is 19.0. The fraction of sp³-hybridized carbons (Fsp3) is 0.269. The Morgan fingerprint density at radius 3 is 2.53 bits per heavy atom. The van der Waals surface area contributed by atoms with Crippen molar-refractivity contribution in [2.24, 2.45) is 5.73 Å². The Bertz CT molecular complexity index is 1310. The minimum absolute atomic E-state index is 0.125. The van der Waals surface area contributed by atoms with Crippen molar-refractivity contribution in [2.75, 3.05) is 18.0 Å². The maximum atomic E-state index is 11.1. The molecule has 4 aromatic rings. The van der Waals surface area contributed by atoms with Gasteiger partial charge >= 0.3 is 6.03 Å². The standard InChI is InChI=1S/C26H27ClN6O/c1-2-17-3-9-22-23(15-17)33(21-7-5-19(27)6-8-21)25(31-22)18-4-10-24(29-16-18)32-13-11-20(12-14-32)30-26(28)34/h3-10,15-16,20H,2,11-14H2,1H3,(H3,28,30,34). The molecule has 34 heavy (non-hydrogen) atoms. The SMILES string of the molecule is CCc1ccc2nc(-c3ccc(N4CCC(NC(N)=O)CC4)nc3)n(-c3ccc(Cl)cc3)c2c1. The van der Waals surface area contributed by atoms with E-state index in [2.05, 4.69) is 46.0 Å². The van der Waals surface area contributed by atoms with Gasteiger partial charge in [0, 0.05) is 41.6 Å². The molecule has 1 saturated heterocycles. The van der Waals surface area contributed by atoms with Crippen LogP contribution in [0, 0.1) is 0 Å². The highest BCUT2D eigenvalue weighted by Gasteiger charge is 2.21. The van der Waals surface area contributed by atoms with E-state index in [1.165, 1.54) is 5.56 Å². The van der Waals surface area contributed by atoms with Gasteiger partial charge in [0.1, 0.15) is 11.6 Å². The van der Waals surface area contributed by atoms with Crippen molar-refractivity contribution in [3.8, 4) is 17.1 Å². The van der Waals surface area contributed by atoms with Crippen LogP contribution in [0.2, 0.25) is 5.02 Å². The summed E-state index contributed by atoms with van der Waals surface area (Å²) in [7, 11) is 0. The highest BCUT2D eigenvalue weighted by Crippen LogP contribution is 2.30. The van der Waals surface area contributed by atoms with Gasteiger partial charge in [-0.2, -0.15) is 0 Å². The van der Waals surface area contributed by atoms with Crippen LogP contribution >= 0.6 is 11.6 Å². The van der Waals surface area contributed by atoms with Crippen LogP contribution in [0.5, 0.6) is 0 Å². The summed E-state index contributed by atoms with van der Waals surface area (Å²) in [6.07, 6.45) is 4.54. The predicted molar refractivity (Wildman–Crippen MR) is 137 cm³/mol. The lowest BCUT2D eigenvalue weighted by molar-refractivity contribution is 0.242. The third-order valence-corrected chi connectivity index (χ3v) is 6.64. The Balaban J connectivity index is 1.48. The average molecular weight is 475 g/mol. The number of amides is 2. The number of nitrogens with one attached hydrogen (secondary N) is 1. The van der Waals surface area contributed by atoms with Crippen molar-refractivity contribution in [1.82, 2.24) is 19.9 Å². The quantitative estimate of drug-likeness (QED) is 0.428. The van der Waals surface area contributed by atoms with Gasteiger partial charge in [0.05, 0.1) is 11.0 Å². The van der Waals surface area contributed by atoms with Gasteiger partial charge in [-0.15, -0.1) is 0 Å². The average Bonchev–Trinajstić information content (AvgIpc) is 3.23. The molecule has 3 N–H and O–H groups in total. The number of benzene rings is 2.